The summed E-state index contributed by atoms with van der Waals surface area (Å²) in [6.45, 7) is 7.31. The van der Waals surface area contributed by atoms with Crippen LogP contribution in [0.25, 0.3) is 0 Å². The van der Waals surface area contributed by atoms with E-state index in [2.05, 4.69) is 28.9 Å². The second-order valence-electron chi connectivity index (χ2n) is 6.24. The van der Waals surface area contributed by atoms with E-state index in [0.717, 1.165) is 50.7 Å². The molecule has 5 nitrogen and oxygen atoms in total. The first-order valence-electron chi connectivity index (χ1n) is 7.38. The van der Waals surface area contributed by atoms with Crippen molar-refractivity contribution < 1.29 is 4.52 Å². The van der Waals surface area contributed by atoms with Crippen LogP contribution in [0.4, 0.5) is 5.95 Å². The highest BCUT2D eigenvalue weighted by Crippen LogP contribution is 2.26. The van der Waals surface area contributed by atoms with Gasteiger partial charge in [-0.2, -0.15) is 4.98 Å². The van der Waals surface area contributed by atoms with Gasteiger partial charge in [-0.25, -0.2) is 0 Å². The first-order valence-corrected chi connectivity index (χ1v) is 7.38. The van der Waals surface area contributed by atoms with Crippen molar-refractivity contribution >= 4 is 5.95 Å². The lowest BCUT2D eigenvalue weighted by Crippen LogP contribution is -2.30. The molecule has 0 amide bonds. The van der Waals surface area contributed by atoms with Gasteiger partial charge in [-0.1, -0.05) is 13.8 Å². The zero-order valence-corrected chi connectivity index (χ0v) is 12.2. The number of hydrogen-bond acceptors (Lipinski definition) is 5. The fourth-order valence-electron chi connectivity index (χ4n) is 2.53. The Balaban J connectivity index is 1.86. The summed E-state index contributed by atoms with van der Waals surface area (Å²) in [5.41, 5.74) is 5.87. The molecule has 1 aliphatic heterocycles. The summed E-state index contributed by atoms with van der Waals surface area (Å²) >= 11 is 0. The van der Waals surface area contributed by atoms with Crippen molar-refractivity contribution in [3.05, 3.63) is 5.89 Å². The van der Waals surface area contributed by atoms with E-state index in [1.807, 2.05) is 0 Å². The Hall–Kier alpha value is -1.10. The molecule has 2 heterocycles. The van der Waals surface area contributed by atoms with Crippen molar-refractivity contribution in [3.8, 4) is 0 Å². The summed E-state index contributed by atoms with van der Waals surface area (Å²) in [5.74, 6) is 1.53. The number of rotatable bonds is 6. The van der Waals surface area contributed by atoms with Gasteiger partial charge in [0.25, 0.3) is 5.95 Å². The van der Waals surface area contributed by atoms with E-state index < -0.39 is 0 Å². The normalized spacial score (nSPS) is 16.9. The maximum absolute atomic E-state index is 5.63. The molecule has 5 heteroatoms. The second-order valence-corrected chi connectivity index (χ2v) is 6.24. The van der Waals surface area contributed by atoms with Gasteiger partial charge >= 0.3 is 0 Å². The zero-order valence-electron chi connectivity index (χ0n) is 12.2. The molecule has 2 rings (SSSR count). The molecule has 0 aromatic carbocycles. The predicted molar refractivity (Wildman–Crippen MR) is 76.1 cm³/mol. The van der Waals surface area contributed by atoms with Gasteiger partial charge in [0, 0.05) is 19.5 Å². The molecule has 19 heavy (non-hydrogen) atoms. The van der Waals surface area contributed by atoms with Crippen LogP contribution in [0.1, 0.15) is 51.8 Å². The van der Waals surface area contributed by atoms with Gasteiger partial charge in [0.15, 0.2) is 0 Å². The van der Waals surface area contributed by atoms with E-state index in [4.69, 9.17) is 10.3 Å². The summed E-state index contributed by atoms with van der Waals surface area (Å²) in [6.07, 6.45) is 6.68. The van der Waals surface area contributed by atoms with Crippen LogP contribution in [0.2, 0.25) is 0 Å². The minimum absolute atomic E-state index is 0.245. The van der Waals surface area contributed by atoms with Crippen LogP contribution in [0.15, 0.2) is 4.52 Å². The minimum atomic E-state index is 0.245. The zero-order chi connectivity index (χ0) is 13.7. The lowest BCUT2D eigenvalue weighted by atomic mass is 9.84. The van der Waals surface area contributed by atoms with Gasteiger partial charge in [-0.05, 0) is 49.2 Å². The molecule has 2 N–H and O–H groups in total. The van der Waals surface area contributed by atoms with Crippen molar-refractivity contribution in [3.63, 3.8) is 0 Å². The van der Waals surface area contributed by atoms with Crippen molar-refractivity contribution in [1.82, 2.24) is 10.1 Å². The Morgan fingerprint density at radius 2 is 1.95 bits per heavy atom. The molecule has 1 aliphatic rings. The van der Waals surface area contributed by atoms with Crippen molar-refractivity contribution in [2.75, 3.05) is 24.5 Å². The molecule has 0 atom stereocenters. The van der Waals surface area contributed by atoms with Crippen LogP contribution in [-0.4, -0.2) is 29.8 Å². The third kappa shape index (κ3) is 4.20. The maximum atomic E-state index is 5.63. The van der Waals surface area contributed by atoms with Crippen LogP contribution in [-0.2, 0) is 6.42 Å². The molecule has 0 aliphatic carbocycles. The number of nitrogens with two attached hydrogens (primary N) is 1. The van der Waals surface area contributed by atoms with Crippen LogP contribution in [0, 0.1) is 5.41 Å². The average molecular weight is 266 g/mol. The number of nitrogens with zero attached hydrogens (tertiary/aromatic N) is 3. The molecular weight excluding hydrogens is 240 g/mol. The monoisotopic (exact) mass is 266 g/mol. The van der Waals surface area contributed by atoms with Gasteiger partial charge in [-0.3, -0.25) is 0 Å². The molecule has 0 saturated carbocycles. The van der Waals surface area contributed by atoms with E-state index in [0.29, 0.717) is 0 Å². The SMILES string of the molecule is CC(C)(CCN)CCc1nc(N2CCCCC2)no1. The molecule has 0 unspecified atom stereocenters. The van der Waals surface area contributed by atoms with Crippen LogP contribution in [0.5, 0.6) is 0 Å². The Morgan fingerprint density at radius 1 is 1.21 bits per heavy atom. The van der Waals surface area contributed by atoms with Gasteiger partial charge in [0.1, 0.15) is 0 Å². The van der Waals surface area contributed by atoms with Crippen molar-refractivity contribution in [2.24, 2.45) is 11.1 Å². The molecule has 1 fully saturated rings. The largest absolute Gasteiger partial charge is 0.338 e. The summed E-state index contributed by atoms with van der Waals surface area (Å²) in [5, 5.41) is 4.10. The average Bonchev–Trinajstić information content (AvgIpc) is 2.86. The molecule has 0 bridgehead atoms. The summed E-state index contributed by atoms with van der Waals surface area (Å²) in [6, 6.07) is 0. The lowest BCUT2D eigenvalue weighted by Gasteiger charge is -2.24. The highest BCUT2D eigenvalue weighted by atomic mass is 16.5. The predicted octanol–water partition coefficient (Wildman–Crippen LogP) is 2.37. The number of aromatic nitrogens is 2. The summed E-state index contributed by atoms with van der Waals surface area (Å²) in [4.78, 5) is 6.74. The maximum Gasteiger partial charge on any atom is 0.266 e. The summed E-state index contributed by atoms with van der Waals surface area (Å²) in [7, 11) is 0. The molecule has 108 valence electrons. The molecular formula is C14H26N4O. The Labute approximate surface area is 115 Å². The molecule has 0 radical (unpaired) electrons. The van der Waals surface area contributed by atoms with Crippen molar-refractivity contribution in [2.45, 2.75) is 52.4 Å². The van der Waals surface area contributed by atoms with Gasteiger partial charge < -0.3 is 15.2 Å². The first kappa shape index (κ1) is 14.3. The topological polar surface area (TPSA) is 68.2 Å². The number of aryl methyl sites for hydroxylation is 1. The standard InChI is InChI=1S/C14H26N4O/c1-14(2,8-9-15)7-6-12-16-13(17-19-12)18-10-4-3-5-11-18/h3-11,15H2,1-2H3. The molecule has 1 aromatic rings. The van der Waals surface area contributed by atoms with Gasteiger partial charge in [0.2, 0.25) is 5.89 Å². The Morgan fingerprint density at radius 3 is 2.63 bits per heavy atom. The second kappa shape index (κ2) is 6.37. The number of anilines is 1. The number of hydrogen-bond donors (Lipinski definition) is 1. The van der Waals surface area contributed by atoms with E-state index >= 15 is 0 Å². The Bertz CT molecular complexity index is 383. The van der Waals surface area contributed by atoms with Crippen LogP contribution >= 0.6 is 0 Å². The Kier molecular flexibility index (Phi) is 4.80. The lowest BCUT2D eigenvalue weighted by molar-refractivity contribution is 0.289. The van der Waals surface area contributed by atoms with Gasteiger partial charge in [0.05, 0.1) is 0 Å². The first-order chi connectivity index (χ1) is 9.11. The molecule has 1 saturated heterocycles. The fourth-order valence-corrected chi connectivity index (χ4v) is 2.53. The fraction of sp³-hybridized carbons (Fsp3) is 0.857. The van der Waals surface area contributed by atoms with E-state index in [9.17, 15) is 0 Å². The van der Waals surface area contributed by atoms with E-state index in [-0.39, 0.29) is 5.41 Å². The third-order valence-electron chi connectivity index (χ3n) is 3.93. The van der Waals surface area contributed by atoms with Gasteiger partial charge in [-0.15, -0.1) is 0 Å². The van der Waals surface area contributed by atoms with Crippen LogP contribution < -0.4 is 10.6 Å². The van der Waals surface area contributed by atoms with E-state index in [1.165, 1.54) is 19.3 Å². The highest BCUT2D eigenvalue weighted by molar-refractivity contribution is 5.27. The highest BCUT2D eigenvalue weighted by Gasteiger charge is 2.20. The quantitative estimate of drug-likeness (QED) is 0.856. The smallest absolute Gasteiger partial charge is 0.266 e. The van der Waals surface area contributed by atoms with Crippen LogP contribution in [0.3, 0.4) is 0 Å². The third-order valence-corrected chi connectivity index (χ3v) is 3.93. The molecule has 1 aromatic heterocycles. The van der Waals surface area contributed by atoms with E-state index in [1.54, 1.807) is 0 Å². The van der Waals surface area contributed by atoms with Crippen molar-refractivity contribution in [1.29, 1.82) is 0 Å². The molecule has 0 spiro atoms. The number of piperidine rings is 1. The summed E-state index contributed by atoms with van der Waals surface area (Å²) < 4.78 is 5.36. The minimum Gasteiger partial charge on any atom is -0.338 e.